The number of unbranched alkanes of at least 4 members (excludes halogenated alkanes) is 14. The molecule has 0 radical (unpaired) electrons. The van der Waals surface area contributed by atoms with Gasteiger partial charge in [-0.25, -0.2) is 0 Å². The Hall–Kier alpha value is 0.889. The molecular weight excluding hydrogens is 517 g/mol. The van der Waals surface area contributed by atoms with Crippen LogP contribution < -0.4 is 0 Å². The van der Waals surface area contributed by atoms with Crippen LogP contribution in [0.5, 0.6) is 0 Å². The van der Waals surface area contributed by atoms with Crippen molar-refractivity contribution in [2.75, 3.05) is 0 Å². The van der Waals surface area contributed by atoms with Gasteiger partial charge in [0.1, 0.15) is 0 Å². The molecule has 0 aliphatic rings. The summed E-state index contributed by atoms with van der Waals surface area (Å²) in [6, 6.07) is 0. The van der Waals surface area contributed by atoms with Crippen LogP contribution >= 0.6 is 31.9 Å². The second kappa shape index (κ2) is 18.0. The maximum atomic E-state index is 4.81. The molecule has 0 amide bonds. The van der Waals surface area contributed by atoms with Crippen molar-refractivity contribution in [1.82, 2.24) is 4.98 Å². The Morgan fingerprint density at radius 2 is 1.12 bits per heavy atom. The summed E-state index contributed by atoms with van der Waals surface area (Å²) in [7, 11) is 0. The van der Waals surface area contributed by atoms with Gasteiger partial charge in [-0.3, -0.25) is 0 Å². The second-order valence-electron chi connectivity index (χ2n) is 7.44. The van der Waals surface area contributed by atoms with Gasteiger partial charge >= 0.3 is 147 Å². The van der Waals surface area contributed by atoms with Gasteiger partial charge in [0, 0.05) is 0 Å². The predicted molar refractivity (Wildman–Crippen MR) is 125 cm³/mol. The Morgan fingerprint density at radius 1 is 0.654 bits per heavy atom. The third-order valence-corrected chi connectivity index (χ3v) is 9.42. The molecule has 4 heteroatoms. The van der Waals surface area contributed by atoms with Gasteiger partial charge < -0.3 is 0 Å². The molecule has 1 aromatic heterocycles. The number of aryl methyl sites for hydroxylation is 1. The fraction of sp³-hybridized carbons (Fsp3) is 0.864. The van der Waals surface area contributed by atoms with E-state index >= 15 is 0 Å². The van der Waals surface area contributed by atoms with Crippen LogP contribution in [-0.4, -0.2) is 19.5 Å². The molecule has 152 valence electrons. The Labute approximate surface area is 185 Å². The van der Waals surface area contributed by atoms with Crippen LogP contribution in [0.4, 0.5) is 0 Å². The first-order valence-electron chi connectivity index (χ1n) is 10.9. The van der Waals surface area contributed by atoms with Gasteiger partial charge in [0.2, 0.25) is 0 Å². The fourth-order valence-electron chi connectivity index (χ4n) is 3.40. The molecule has 1 heterocycles. The van der Waals surface area contributed by atoms with Crippen molar-refractivity contribution in [3.05, 3.63) is 14.7 Å². The predicted octanol–water partition coefficient (Wildman–Crippen LogP) is 8.34. The molecule has 0 bridgehead atoms. The molecule has 0 unspecified atom stereocenters. The van der Waals surface area contributed by atoms with Gasteiger partial charge in [0.05, 0.1) is 0 Å². The average molecular weight is 556 g/mol. The fourth-order valence-corrected chi connectivity index (χ4v) is 7.25. The van der Waals surface area contributed by atoms with Crippen molar-refractivity contribution in [3.63, 3.8) is 0 Å². The quantitative estimate of drug-likeness (QED) is 0.101. The standard InChI is InChI=1S/C22H39Br2NSe/c1-2-3-4-5-6-7-8-9-10-11-12-13-14-15-16-17-22-25-20(18-23)21(19-24)26-22/h2-19H2,1H3. The van der Waals surface area contributed by atoms with E-state index in [0.29, 0.717) is 14.5 Å². The minimum absolute atomic E-state index is 0.516. The molecule has 0 saturated carbocycles. The zero-order valence-corrected chi connectivity index (χ0v) is 21.7. The van der Waals surface area contributed by atoms with Gasteiger partial charge in [-0.1, -0.05) is 39.0 Å². The third kappa shape index (κ3) is 12.4. The maximum absolute atomic E-state index is 4.81. The number of rotatable bonds is 18. The second-order valence-corrected chi connectivity index (χ2v) is 11.0. The van der Waals surface area contributed by atoms with E-state index in [2.05, 4.69) is 38.8 Å². The molecule has 0 saturated heterocycles. The third-order valence-electron chi connectivity index (χ3n) is 5.06. The topological polar surface area (TPSA) is 12.9 Å². The van der Waals surface area contributed by atoms with E-state index in [4.69, 9.17) is 4.98 Å². The summed E-state index contributed by atoms with van der Waals surface area (Å²) >= 11 is 7.67. The van der Waals surface area contributed by atoms with Crippen molar-refractivity contribution < 1.29 is 0 Å². The molecule has 0 N–H and O–H groups in total. The Bertz CT molecular complexity index is 412. The minimum atomic E-state index is 0.516. The zero-order chi connectivity index (χ0) is 18.9. The molecule has 0 atom stereocenters. The van der Waals surface area contributed by atoms with Gasteiger partial charge in [-0.15, -0.1) is 0 Å². The number of nitrogens with zero attached hydrogens (tertiary/aromatic N) is 1. The summed E-state index contributed by atoms with van der Waals surface area (Å²) in [6.07, 6.45) is 22.8. The first kappa shape index (κ1) is 24.9. The molecular formula is C22H39Br2NSe. The monoisotopic (exact) mass is 555 g/mol. The number of hydrogen-bond donors (Lipinski definition) is 0. The SMILES string of the molecule is CCCCCCCCCCCCCCCCCc1nc(CBr)c(CBr)[se]1. The molecule has 0 fully saturated rings. The average Bonchev–Trinajstić information content (AvgIpc) is 3.07. The van der Waals surface area contributed by atoms with Gasteiger partial charge in [-0.2, -0.15) is 0 Å². The van der Waals surface area contributed by atoms with Crippen LogP contribution in [0.3, 0.4) is 0 Å². The first-order chi connectivity index (χ1) is 12.8. The van der Waals surface area contributed by atoms with E-state index in [1.165, 1.54) is 117 Å². The summed E-state index contributed by atoms with van der Waals surface area (Å²) < 4.78 is 3.00. The van der Waals surface area contributed by atoms with Gasteiger partial charge in [0.25, 0.3) is 0 Å². The molecule has 1 rings (SSSR count). The number of aromatic nitrogens is 1. The van der Waals surface area contributed by atoms with Crippen LogP contribution in [0.15, 0.2) is 0 Å². The first-order valence-corrected chi connectivity index (χ1v) is 14.9. The molecule has 0 aliphatic carbocycles. The number of halogens is 2. The van der Waals surface area contributed by atoms with Crippen LogP contribution in [0.2, 0.25) is 0 Å². The molecule has 0 aliphatic heterocycles. The molecule has 0 aromatic carbocycles. The van der Waals surface area contributed by atoms with Crippen molar-refractivity contribution in [3.8, 4) is 0 Å². The van der Waals surface area contributed by atoms with Crippen LogP contribution in [0.1, 0.15) is 118 Å². The molecule has 26 heavy (non-hydrogen) atoms. The van der Waals surface area contributed by atoms with Crippen molar-refractivity contribution in [2.24, 2.45) is 0 Å². The van der Waals surface area contributed by atoms with Crippen LogP contribution in [0, 0.1) is 0 Å². The zero-order valence-electron chi connectivity index (χ0n) is 16.8. The summed E-state index contributed by atoms with van der Waals surface area (Å²) in [5.74, 6) is 0. The summed E-state index contributed by atoms with van der Waals surface area (Å²) in [6.45, 7) is 2.30. The Morgan fingerprint density at radius 3 is 1.50 bits per heavy atom. The molecule has 0 spiro atoms. The van der Waals surface area contributed by atoms with Crippen LogP contribution in [0.25, 0.3) is 0 Å². The number of alkyl halides is 2. The summed E-state index contributed by atoms with van der Waals surface area (Å²) in [5, 5.41) is 1.91. The molecule has 1 aromatic rings. The Balaban J connectivity index is 1.84. The molecule has 1 nitrogen and oxygen atoms in total. The van der Waals surface area contributed by atoms with E-state index in [9.17, 15) is 0 Å². The summed E-state index contributed by atoms with van der Waals surface area (Å²) in [4.78, 5) is 4.81. The van der Waals surface area contributed by atoms with Gasteiger partial charge in [0.15, 0.2) is 0 Å². The number of hydrogen-bond acceptors (Lipinski definition) is 1. The Kier molecular flexibility index (Phi) is 17.2. The van der Waals surface area contributed by atoms with E-state index in [-0.39, 0.29) is 0 Å². The van der Waals surface area contributed by atoms with E-state index in [0.717, 1.165) is 10.7 Å². The van der Waals surface area contributed by atoms with Crippen molar-refractivity contribution in [2.45, 2.75) is 120 Å². The van der Waals surface area contributed by atoms with Crippen molar-refractivity contribution in [1.29, 1.82) is 0 Å². The normalized spacial score (nSPS) is 11.3. The van der Waals surface area contributed by atoms with Crippen LogP contribution in [-0.2, 0) is 17.1 Å². The van der Waals surface area contributed by atoms with E-state index < -0.39 is 0 Å². The van der Waals surface area contributed by atoms with Gasteiger partial charge in [-0.05, 0) is 0 Å². The van der Waals surface area contributed by atoms with Crippen molar-refractivity contribution >= 4 is 46.4 Å². The van der Waals surface area contributed by atoms with E-state index in [1.807, 2.05) is 0 Å². The summed E-state index contributed by atoms with van der Waals surface area (Å²) in [5.41, 5.74) is 1.29. The van der Waals surface area contributed by atoms with E-state index in [1.54, 1.807) is 0 Å².